The van der Waals surface area contributed by atoms with Gasteiger partial charge in [-0.05, 0) is 63.1 Å². The third-order valence-corrected chi connectivity index (χ3v) is 6.86. The zero-order valence-corrected chi connectivity index (χ0v) is 18.6. The third-order valence-electron chi connectivity index (χ3n) is 4.97. The summed E-state index contributed by atoms with van der Waals surface area (Å²) in [6, 6.07) is 8.14. The predicted molar refractivity (Wildman–Crippen MR) is 114 cm³/mol. The molecule has 0 aliphatic carbocycles. The number of nitrogens with one attached hydrogen (secondary N) is 1. The molecule has 0 aromatic heterocycles. The number of carbonyl (C=O) groups is 1. The van der Waals surface area contributed by atoms with E-state index >= 15 is 0 Å². The van der Waals surface area contributed by atoms with E-state index in [0.29, 0.717) is 13.1 Å². The Morgan fingerprint density at radius 2 is 1.75 bits per heavy atom. The summed E-state index contributed by atoms with van der Waals surface area (Å²) in [5.74, 6) is -0.588. The highest BCUT2D eigenvalue weighted by atomic mass is 32.2. The summed E-state index contributed by atoms with van der Waals surface area (Å²) in [5.41, 5.74) is -1.09. The van der Waals surface area contributed by atoms with E-state index in [4.69, 9.17) is 4.74 Å². The molecule has 6 nitrogen and oxygen atoms in total. The minimum Gasteiger partial charge on any atom is -0.489 e. The van der Waals surface area contributed by atoms with Crippen LogP contribution in [0.15, 0.2) is 47.4 Å². The van der Waals surface area contributed by atoms with Gasteiger partial charge >= 0.3 is 6.18 Å². The number of piperidine rings is 1. The summed E-state index contributed by atoms with van der Waals surface area (Å²) < 4.78 is 72.1. The number of carbonyl (C=O) groups excluding carboxylic acids is 1. The monoisotopic (exact) mass is 470 g/mol. The third kappa shape index (κ3) is 5.60. The lowest BCUT2D eigenvalue weighted by atomic mass is 10.1. The molecule has 2 aromatic rings. The molecule has 0 spiro atoms. The quantitative estimate of drug-likeness (QED) is 0.650. The van der Waals surface area contributed by atoms with Crippen LogP contribution in [0.4, 0.5) is 18.9 Å². The lowest BCUT2D eigenvalue weighted by Crippen LogP contribution is -2.35. The first-order valence-electron chi connectivity index (χ1n) is 10.3. The molecular weight excluding hydrogens is 445 g/mol. The normalized spacial score (nSPS) is 15.6. The maximum Gasteiger partial charge on any atom is 0.416 e. The summed E-state index contributed by atoms with van der Waals surface area (Å²) in [6.07, 6.45) is -2.36. The van der Waals surface area contributed by atoms with E-state index in [1.54, 1.807) is 13.8 Å². The van der Waals surface area contributed by atoms with Crippen molar-refractivity contribution in [2.45, 2.75) is 50.3 Å². The smallest absolute Gasteiger partial charge is 0.416 e. The van der Waals surface area contributed by atoms with Crippen LogP contribution in [-0.2, 0) is 16.2 Å². The molecule has 0 bridgehead atoms. The van der Waals surface area contributed by atoms with Gasteiger partial charge in [-0.2, -0.15) is 17.5 Å². The fourth-order valence-electron chi connectivity index (χ4n) is 3.41. The summed E-state index contributed by atoms with van der Waals surface area (Å²) in [5, 5.41) is 2.51. The van der Waals surface area contributed by atoms with Crippen molar-refractivity contribution < 1.29 is 31.1 Å². The molecule has 32 heavy (non-hydrogen) atoms. The molecule has 1 fully saturated rings. The molecule has 1 aliphatic rings. The number of sulfonamides is 1. The van der Waals surface area contributed by atoms with E-state index in [1.165, 1.54) is 28.6 Å². The van der Waals surface area contributed by atoms with Gasteiger partial charge in [0.15, 0.2) is 0 Å². The van der Waals surface area contributed by atoms with Gasteiger partial charge in [-0.15, -0.1) is 0 Å². The number of benzene rings is 2. The largest absolute Gasteiger partial charge is 0.489 e. The van der Waals surface area contributed by atoms with Crippen molar-refractivity contribution in [3.63, 3.8) is 0 Å². The highest BCUT2D eigenvalue weighted by Crippen LogP contribution is 2.32. The fourth-order valence-corrected chi connectivity index (χ4v) is 4.95. The number of hydrogen-bond donors (Lipinski definition) is 1. The molecule has 0 saturated carbocycles. The minimum absolute atomic E-state index is 0.0187. The Balaban J connectivity index is 1.94. The Morgan fingerprint density at radius 1 is 1.06 bits per heavy atom. The number of amides is 1. The van der Waals surface area contributed by atoms with Crippen LogP contribution in [0.1, 0.15) is 49.0 Å². The van der Waals surface area contributed by atoms with Gasteiger partial charge in [0.05, 0.1) is 22.3 Å². The molecule has 0 atom stereocenters. The number of ether oxygens (including phenoxy) is 1. The molecule has 1 heterocycles. The molecule has 0 unspecified atom stereocenters. The summed E-state index contributed by atoms with van der Waals surface area (Å²) in [7, 11) is -3.78. The van der Waals surface area contributed by atoms with Crippen LogP contribution in [0.3, 0.4) is 0 Å². The molecule has 3 rings (SSSR count). The highest BCUT2D eigenvalue weighted by molar-refractivity contribution is 7.89. The van der Waals surface area contributed by atoms with Crippen molar-refractivity contribution in [1.29, 1.82) is 0 Å². The first-order valence-corrected chi connectivity index (χ1v) is 11.7. The van der Waals surface area contributed by atoms with Gasteiger partial charge in [0.25, 0.3) is 5.91 Å². The van der Waals surface area contributed by atoms with Crippen molar-refractivity contribution in [2.24, 2.45) is 0 Å². The second-order valence-corrected chi connectivity index (χ2v) is 9.76. The van der Waals surface area contributed by atoms with Crippen LogP contribution < -0.4 is 10.1 Å². The maximum atomic E-state index is 13.0. The number of anilines is 1. The molecular formula is C22H25F3N2O4S. The first-order chi connectivity index (χ1) is 15.0. The van der Waals surface area contributed by atoms with Gasteiger partial charge in [0.1, 0.15) is 5.75 Å². The average molecular weight is 471 g/mol. The Kier molecular flexibility index (Phi) is 7.14. The average Bonchev–Trinajstić information content (AvgIpc) is 2.74. The van der Waals surface area contributed by atoms with E-state index < -0.39 is 27.7 Å². The number of nitrogens with zero attached hydrogens (tertiary/aromatic N) is 1. The number of halogens is 3. The highest BCUT2D eigenvalue weighted by Gasteiger charge is 2.31. The Labute approximate surface area is 185 Å². The molecule has 10 heteroatoms. The van der Waals surface area contributed by atoms with Crippen molar-refractivity contribution in [3.05, 3.63) is 53.6 Å². The number of hydrogen-bond acceptors (Lipinski definition) is 4. The second-order valence-electron chi connectivity index (χ2n) is 7.82. The molecule has 174 valence electrons. The lowest BCUT2D eigenvalue weighted by Gasteiger charge is -2.26. The van der Waals surface area contributed by atoms with Gasteiger partial charge in [-0.1, -0.05) is 12.5 Å². The standard InChI is InChI=1S/C22H25F3N2O4S/c1-15(2)31-20-10-9-18(32(29,30)27-11-4-3-5-12-27)14-19(20)26-21(28)16-7-6-8-17(13-16)22(23,24)25/h6-10,13-15H,3-5,11-12H2,1-2H3,(H,26,28). The van der Waals surface area contributed by atoms with E-state index in [2.05, 4.69) is 5.32 Å². The van der Waals surface area contributed by atoms with Crippen LogP contribution >= 0.6 is 0 Å². The van der Waals surface area contributed by atoms with E-state index in [9.17, 15) is 26.4 Å². The van der Waals surface area contributed by atoms with Gasteiger partial charge in [0, 0.05) is 18.7 Å². The lowest BCUT2D eigenvalue weighted by molar-refractivity contribution is -0.137. The van der Waals surface area contributed by atoms with Crippen molar-refractivity contribution in [2.75, 3.05) is 18.4 Å². The van der Waals surface area contributed by atoms with E-state index in [-0.39, 0.29) is 28.0 Å². The molecule has 1 aliphatic heterocycles. The van der Waals surface area contributed by atoms with Gasteiger partial charge < -0.3 is 10.1 Å². The van der Waals surface area contributed by atoms with Crippen LogP contribution in [0.2, 0.25) is 0 Å². The number of alkyl halides is 3. The van der Waals surface area contributed by atoms with Crippen LogP contribution in [0.25, 0.3) is 0 Å². The summed E-state index contributed by atoms with van der Waals surface area (Å²) >= 11 is 0. The number of rotatable bonds is 6. The maximum absolute atomic E-state index is 13.0. The topological polar surface area (TPSA) is 75.7 Å². The van der Waals surface area contributed by atoms with E-state index in [1.807, 2.05) is 0 Å². The van der Waals surface area contributed by atoms with Gasteiger partial charge in [-0.25, -0.2) is 8.42 Å². The van der Waals surface area contributed by atoms with Crippen molar-refractivity contribution in [3.8, 4) is 5.75 Å². The minimum atomic E-state index is -4.59. The van der Waals surface area contributed by atoms with Gasteiger partial charge in [-0.3, -0.25) is 4.79 Å². The Hall–Kier alpha value is -2.59. The van der Waals surface area contributed by atoms with E-state index in [0.717, 1.165) is 37.5 Å². The zero-order chi connectivity index (χ0) is 23.5. The molecule has 0 radical (unpaired) electrons. The molecule has 1 amide bonds. The summed E-state index contributed by atoms with van der Waals surface area (Å²) in [4.78, 5) is 12.7. The molecule has 2 aromatic carbocycles. The fraction of sp³-hybridized carbons (Fsp3) is 0.409. The Bertz CT molecular complexity index is 1080. The van der Waals surface area contributed by atoms with Crippen LogP contribution in [0, 0.1) is 0 Å². The Morgan fingerprint density at radius 3 is 2.38 bits per heavy atom. The second kappa shape index (κ2) is 9.50. The van der Waals surface area contributed by atoms with Crippen molar-refractivity contribution >= 4 is 21.6 Å². The molecule has 1 saturated heterocycles. The zero-order valence-electron chi connectivity index (χ0n) is 17.8. The predicted octanol–water partition coefficient (Wildman–Crippen LogP) is 4.92. The molecule has 1 N–H and O–H groups in total. The van der Waals surface area contributed by atoms with Crippen molar-refractivity contribution in [1.82, 2.24) is 4.31 Å². The van der Waals surface area contributed by atoms with Gasteiger partial charge in [0.2, 0.25) is 10.0 Å². The first kappa shape index (κ1) is 24.1. The SMILES string of the molecule is CC(C)Oc1ccc(S(=O)(=O)N2CCCCC2)cc1NC(=O)c1cccc(C(F)(F)F)c1. The van der Waals surface area contributed by atoms with Crippen LogP contribution in [0.5, 0.6) is 5.75 Å². The van der Waals surface area contributed by atoms with Crippen LogP contribution in [-0.4, -0.2) is 37.8 Å². The summed E-state index contributed by atoms with van der Waals surface area (Å²) in [6.45, 7) is 4.35.